The van der Waals surface area contributed by atoms with Gasteiger partial charge in [0.1, 0.15) is 6.10 Å². The van der Waals surface area contributed by atoms with Crippen molar-refractivity contribution in [3.05, 3.63) is 42.0 Å². The third-order valence-corrected chi connectivity index (χ3v) is 3.14. The molecule has 0 saturated heterocycles. The molecule has 2 aromatic carbocycles. The van der Waals surface area contributed by atoms with E-state index in [1.54, 1.807) is 6.07 Å². The van der Waals surface area contributed by atoms with Crippen molar-refractivity contribution in [1.29, 1.82) is 0 Å². The second kappa shape index (κ2) is 5.35. The molecule has 0 spiro atoms. The molecule has 2 atom stereocenters. The molecule has 0 radical (unpaired) electrons. The van der Waals surface area contributed by atoms with Crippen LogP contribution in [-0.4, -0.2) is 22.9 Å². The summed E-state index contributed by atoms with van der Waals surface area (Å²) in [5.41, 5.74) is 12.6. The number of nitrogen functional groups attached to an aromatic ring is 1. The number of hydrogen-bond donors (Lipinski definition) is 4. The molecule has 6 N–H and O–H groups in total. The molecule has 96 valence electrons. The van der Waals surface area contributed by atoms with Crippen molar-refractivity contribution in [2.75, 3.05) is 12.3 Å². The fourth-order valence-electron chi connectivity index (χ4n) is 2.15. The van der Waals surface area contributed by atoms with E-state index in [-0.39, 0.29) is 0 Å². The van der Waals surface area contributed by atoms with Crippen molar-refractivity contribution in [2.24, 2.45) is 5.73 Å². The van der Waals surface area contributed by atoms with E-state index in [4.69, 9.17) is 11.5 Å². The highest BCUT2D eigenvalue weighted by Gasteiger charge is 2.19. The number of anilines is 1. The van der Waals surface area contributed by atoms with Crippen LogP contribution in [0, 0.1) is 0 Å². The first-order chi connectivity index (χ1) is 8.65. The van der Waals surface area contributed by atoms with Gasteiger partial charge in [0.25, 0.3) is 0 Å². The van der Waals surface area contributed by atoms with Crippen molar-refractivity contribution in [1.82, 2.24) is 0 Å². The van der Waals surface area contributed by atoms with Gasteiger partial charge in [0.05, 0.1) is 6.10 Å². The zero-order chi connectivity index (χ0) is 13.1. The third-order valence-electron chi connectivity index (χ3n) is 3.14. The predicted octanol–water partition coefficient (Wildman–Crippen LogP) is 1.17. The fraction of sp³-hybridized carbons (Fsp3) is 0.286. The van der Waals surface area contributed by atoms with Crippen LogP contribution >= 0.6 is 0 Å². The molecular weight excluding hydrogens is 228 g/mol. The van der Waals surface area contributed by atoms with Crippen LogP contribution in [0.4, 0.5) is 5.69 Å². The third kappa shape index (κ3) is 2.31. The molecule has 0 heterocycles. The van der Waals surface area contributed by atoms with Gasteiger partial charge in [0.15, 0.2) is 0 Å². The first-order valence-corrected chi connectivity index (χ1v) is 5.98. The molecule has 0 amide bonds. The van der Waals surface area contributed by atoms with E-state index in [0.29, 0.717) is 24.2 Å². The smallest absolute Gasteiger partial charge is 0.105 e. The predicted molar refractivity (Wildman–Crippen MR) is 73.0 cm³/mol. The number of rotatable bonds is 4. The Morgan fingerprint density at radius 3 is 2.39 bits per heavy atom. The summed E-state index contributed by atoms with van der Waals surface area (Å²) in [5.74, 6) is 0. The van der Waals surface area contributed by atoms with Gasteiger partial charge in [-0.25, -0.2) is 0 Å². The molecule has 4 heteroatoms. The molecule has 18 heavy (non-hydrogen) atoms. The Balaban J connectivity index is 2.48. The van der Waals surface area contributed by atoms with Gasteiger partial charge in [-0.3, -0.25) is 0 Å². The summed E-state index contributed by atoms with van der Waals surface area (Å²) in [7, 11) is 0. The number of fused-ring (bicyclic) bond motifs is 1. The minimum atomic E-state index is -0.945. The maximum absolute atomic E-state index is 10.2. The quantitative estimate of drug-likeness (QED) is 0.609. The highest BCUT2D eigenvalue weighted by molar-refractivity contribution is 5.95. The summed E-state index contributed by atoms with van der Waals surface area (Å²) in [4.78, 5) is 0. The molecular formula is C14H18N2O2. The van der Waals surface area contributed by atoms with E-state index in [1.807, 2.05) is 30.3 Å². The molecule has 2 aromatic rings. The van der Waals surface area contributed by atoms with Crippen molar-refractivity contribution >= 4 is 16.5 Å². The van der Waals surface area contributed by atoms with Gasteiger partial charge < -0.3 is 21.7 Å². The lowest BCUT2D eigenvalue weighted by Crippen LogP contribution is -2.22. The Bertz CT molecular complexity index is 542. The monoisotopic (exact) mass is 246 g/mol. The van der Waals surface area contributed by atoms with Crippen LogP contribution in [0.1, 0.15) is 18.1 Å². The van der Waals surface area contributed by atoms with Gasteiger partial charge in [-0.15, -0.1) is 0 Å². The van der Waals surface area contributed by atoms with E-state index in [2.05, 4.69) is 0 Å². The lowest BCUT2D eigenvalue weighted by Gasteiger charge is -2.19. The number of hydrogen-bond acceptors (Lipinski definition) is 4. The van der Waals surface area contributed by atoms with Crippen LogP contribution in [0.15, 0.2) is 36.4 Å². The van der Waals surface area contributed by atoms with Crippen LogP contribution in [0.5, 0.6) is 0 Å². The van der Waals surface area contributed by atoms with E-state index in [0.717, 1.165) is 10.8 Å². The first kappa shape index (κ1) is 12.8. The number of aliphatic hydroxyl groups excluding tert-OH is 2. The number of benzene rings is 2. The maximum Gasteiger partial charge on any atom is 0.105 e. The molecule has 0 fully saturated rings. The van der Waals surface area contributed by atoms with Gasteiger partial charge in [-0.1, -0.05) is 30.3 Å². The van der Waals surface area contributed by atoms with Crippen LogP contribution in [0.25, 0.3) is 10.8 Å². The summed E-state index contributed by atoms with van der Waals surface area (Å²) in [6, 6.07) is 11.1. The summed E-state index contributed by atoms with van der Waals surface area (Å²) in [5, 5.41) is 21.7. The minimum absolute atomic E-state index is 0.338. The van der Waals surface area contributed by atoms with Crippen LogP contribution < -0.4 is 11.5 Å². The van der Waals surface area contributed by atoms with Gasteiger partial charge >= 0.3 is 0 Å². The second-order valence-electron chi connectivity index (χ2n) is 4.38. The zero-order valence-electron chi connectivity index (χ0n) is 10.1. The van der Waals surface area contributed by atoms with Crippen LogP contribution in [0.2, 0.25) is 0 Å². The van der Waals surface area contributed by atoms with Crippen molar-refractivity contribution < 1.29 is 10.2 Å². The summed E-state index contributed by atoms with van der Waals surface area (Å²) in [6.07, 6.45) is -1.44. The topological polar surface area (TPSA) is 92.5 Å². The largest absolute Gasteiger partial charge is 0.398 e. The van der Waals surface area contributed by atoms with Crippen molar-refractivity contribution in [3.8, 4) is 0 Å². The van der Waals surface area contributed by atoms with Gasteiger partial charge in [0.2, 0.25) is 0 Å². The fourth-order valence-corrected chi connectivity index (χ4v) is 2.15. The molecule has 0 aromatic heterocycles. The van der Waals surface area contributed by atoms with E-state index in [9.17, 15) is 10.2 Å². The van der Waals surface area contributed by atoms with Gasteiger partial charge in [-0.05, 0) is 30.0 Å². The Kier molecular flexibility index (Phi) is 3.81. The highest BCUT2D eigenvalue weighted by Crippen LogP contribution is 2.29. The summed E-state index contributed by atoms with van der Waals surface area (Å²) in [6.45, 7) is 0.338. The van der Waals surface area contributed by atoms with E-state index < -0.39 is 12.2 Å². The normalized spacial score (nSPS) is 14.6. The number of aliphatic hydroxyl groups is 2. The Morgan fingerprint density at radius 1 is 1.00 bits per heavy atom. The molecule has 0 bridgehead atoms. The number of nitrogens with two attached hydrogens (primary N) is 2. The maximum atomic E-state index is 10.2. The lowest BCUT2D eigenvalue weighted by molar-refractivity contribution is 0.0159. The second-order valence-corrected chi connectivity index (χ2v) is 4.38. The molecule has 0 aliphatic rings. The molecule has 0 saturated carbocycles. The Labute approximate surface area is 106 Å². The summed E-state index contributed by atoms with van der Waals surface area (Å²) < 4.78 is 0. The highest BCUT2D eigenvalue weighted by atomic mass is 16.3. The van der Waals surface area contributed by atoms with E-state index in [1.165, 1.54) is 0 Å². The summed E-state index contributed by atoms with van der Waals surface area (Å²) >= 11 is 0. The van der Waals surface area contributed by atoms with Gasteiger partial charge in [0, 0.05) is 11.1 Å². The molecule has 4 nitrogen and oxygen atoms in total. The zero-order valence-corrected chi connectivity index (χ0v) is 10.1. The molecule has 2 unspecified atom stereocenters. The first-order valence-electron chi connectivity index (χ1n) is 5.98. The molecule has 0 aliphatic heterocycles. The molecule has 0 aliphatic carbocycles. The standard InChI is InChI=1S/C14H18N2O2/c15-8-7-13(17)14(18)11-5-1-4-10-9(11)3-2-6-12(10)16/h1-6,13-14,17-18H,7-8,15-16H2. The Hall–Kier alpha value is -1.62. The van der Waals surface area contributed by atoms with Gasteiger partial charge in [-0.2, -0.15) is 0 Å². The Morgan fingerprint density at radius 2 is 1.67 bits per heavy atom. The average molecular weight is 246 g/mol. The van der Waals surface area contributed by atoms with Crippen molar-refractivity contribution in [2.45, 2.75) is 18.6 Å². The average Bonchev–Trinajstić information content (AvgIpc) is 2.38. The van der Waals surface area contributed by atoms with E-state index >= 15 is 0 Å². The SMILES string of the molecule is NCCC(O)C(O)c1cccc2c(N)cccc12. The van der Waals surface area contributed by atoms with Crippen LogP contribution in [-0.2, 0) is 0 Å². The minimum Gasteiger partial charge on any atom is -0.398 e. The molecule has 2 rings (SSSR count). The van der Waals surface area contributed by atoms with Crippen molar-refractivity contribution in [3.63, 3.8) is 0 Å². The lowest BCUT2D eigenvalue weighted by atomic mass is 9.95. The van der Waals surface area contributed by atoms with Crippen LogP contribution in [0.3, 0.4) is 0 Å².